The number of nitrogens with one attached hydrogen (secondary N) is 2. The fourth-order valence-electron chi connectivity index (χ4n) is 3.02. The molecule has 0 atom stereocenters. The van der Waals surface area contributed by atoms with Crippen LogP contribution < -0.4 is 19.5 Å². The maximum Gasteiger partial charge on any atom is 0.261 e. The second-order valence-electron chi connectivity index (χ2n) is 7.28. The first-order valence-corrected chi connectivity index (χ1v) is 12.0. The zero-order valence-electron chi connectivity index (χ0n) is 18.3. The van der Waals surface area contributed by atoms with Crippen molar-refractivity contribution in [3.05, 3.63) is 82.9 Å². The fraction of sp³-hybridized carbons (Fsp3) is 0.208. The highest BCUT2D eigenvalue weighted by molar-refractivity contribution is 7.92. The van der Waals surface area contributed by atoms with Gasteiger partial charge in [0.2, 0.25) is 0 Å². The number of ether oxygens (including phenoxy) is 2. The van der Waals surface area contributed by atoms with Gasteiger partial charge in [-0.05, 0) is 79.1 Å². The predicted octanol–water partition coefficient (Wildman–Crippen LogP) is 4.20. The second kappa shape index (κ2) is 11.1. The largest absolute Gasteiger partial charge is 0.497 e. The van der Waals surface area contributed by atoms with Gasteiger partial charge in [-0.15, -0.1) is 0 Å². The van der Waals surface area contributed by atoms with Gasteiger partial charge in [-0.2, -0.15) is 0 Å². The Morgan fingerprint density at radius 2 is 1.70 bits per heavy atom. The molecule has 0 radical (unpaired) electrons. The van der Waals surface area contributed by atoms with Crippen LogP contribution in [0.2, 0.25) is 5.02 Å². The number of hydrogen-bond acceptors (Lipinski definition) is 5. The van der Waals surface area contributed by atoms with Gasteiger partial charge in [0.15, 0.2) is 6.61 Å². The molecule has 0 saturated heterocycles. The molecule has 0 saturated carbocycles. The minimum Gasteiger partial charge on any atom is -0.497 e. The number of carbonyl (C=O) groups is 1. The Morgan fingerprint density at radius 1 is 1.00 bits per heavy atom. The first-order valence-electron chi connectivity index (χ1n) is 10.2. The summed E-state index contributed by atoms with van der Waals surface area (Å²) in [7, 11) is -2.16. The highest BCUT2D eigenvalue weighted by atomic mass is 35.5. The summed E-state index contributed by atoms with van der Waals surface area (Å²) in [6, 6.07) is 18.5. The van der Waals surface area contributed by atoms with Crippen molar-refractivity contribution in [3.63, 3.8) is 0 Å². The van der Waals surface area contributed by atoms with E-state index < -0.39 is 10.0 Å². The lowest BCUT2D eigenvalue weighted by atomic mass is 10.1. The average molecular weight is 489 g/mol. The van der Waals surface area contributed by atoms with Crippen molar-refractivity contribution in [2.75, 3.05) is 25.0 Å². The number of benzene rings is 3. The molecule has 0 aliphatic rings. The molecule has 0 aliphatic heterocycles. The Morgan fingerprint density at radius 3 is 2.33 bits per heavy atom. The molecule has 3 rings (SSSR count). The summed E-state index contributed by atoms with van der Waals surface area (Å²) in [5, 5.41) is 3.32. The van der Waals surface area contributed by atoms with Gasteiger partial charge in [-0.3, -0.25) is 9.52 Å². The minimum atomic E-state index is -3.78. The van der Waals surface area contributed by atoms with E-state index in [1.165, 1.54) is 18.2 Å². The highest BCUT2D eigenvalue weighted by Crippen LogP contribution is 2.24. The van der Waals surface area contributed by atoms with Crippen molar-refractivity contribution in [2.45, 2.75) is 18.2 Å². The van der Waals surface area contributed by atoms with E-state index >= 15 is 0 Å². The topological polar surface area (TPSA) is 93.7 Å². The first-order chi connectivity index (χ1) is 15.8. The van der Waals surface area contributed by atoms with E-state index in [4.69, 9.17) is 21.1 Å². The molecule has 0 fully saturated rings. The third kappa shape index (κ3) is 7.13. The van der Waals surface area contributed by atoms with E-state index in [0.29, 0.717) is 35.0 Å². The number of halogens is 1. The lowest BCUT2D eigenvalue weighted by Crippen LogP contribution is -2.30. The third-order valence-electron chi connectivity index (χ3n) is 4.81. The number of hydrogen-bond donors (Lipinski definition) is 2. The van der Waals surface area contributed by atoms with Gasteiger partial charge in [0.1, 0.15) is 11.5 Å². The number of aryl methyl sites for hydroxylation is 1. The molecule has 0 aliphatic carbocycles. The molecule has 174 valence electrons. The van der Waals surface area contributed by atoms with Crippen LogP contribution >= 0.6 is 11.6 Å². The molecule has 7 nitrogen and oxygen atoms in total. The Bertz CT molecular complexity index is 1200. The van der Waals surface area contributed by atoms with E-state index in [1.807, 2.05) is 24.3 Å². The van der Waals surface area contributed by atoms with Gasteiger partial charge < -0.3 is 14.8 Å². The summed E-state index contributed by atoms with van der Waals surface area (Å²) in [5.74, 6) is 0.959. The number of amides is 1. The molecule has 0 unspecified atom stereocenters. The molecule has 9 heteroatoms. The number of anilines is 1. The van der Waals surface area contributed by atoms with Gasteiger partial charge in [0.05, 0.1) is 12.0 Å². The second-order valence-corrected chi connectivity index (χ2v) is 9.40. The molecule has 33 heavy (non-hydrogen) atoms. The lowest BCUT2D eigenvalue weighted by molar-refractivity contribution is -0.123. The standard InChI is InChI=1S/C24H25ClN2O5S/c1-17-15-22(33(29,30)27-20-7-5-19(25)6-8-20)11-12-23(17)32-16-24(28)26-14-13-18-3-9-21(31-2)10-4-18/h3-12,15,27H,13-14,16H2,1-2H3,(H,26,28). The summed E-state index contributed by atoms with van der Waals surface area (Å²) < 4.78 is 38.5. The Kier molecular flexibility index (Phi) is 8.19. The van der Waals surface area contributed by atoms with Crippen LogP contribution in [0.15, 0.2) is 71.6 Å². The van der Waals surface area contributed by atoms with E-state index in [0.717, 1.165) is 11.3 Å². The molecule has 1 amide bonds. The molecule has 3 aromatic rings. The third-order valence-corrected chi connectivity index (χ3v) is 6.44. The number of carbonyl (C=O) groups excluding carboxylic acids is 1. The van der Waals surface area contributed by atoms with Crippen LogP contribution in [0.1, 0.15) is 11.1 Å². The molecule has 2 N–H and O–H groups in total. The summed E-state index contributed by atoms with van der Waals surface area (Å²) in [6.45, 7) is 2.03. The van der Waals surface area contributed by atoms with Crippen LogP contribution in [0.5, 0.6) is 11.5 Å². The Balaban J connectivity index is 1.50. The van der Waals surface area contributed by atoms with Gasteiger partial charge in [0, 0.05) is 17.3 Å². The summed E-state index contributed by atoms with van der Waals surface area (Å²) in [5.41, 5.74) is 2.08. The van der Waals surface area contributed by atoms with Crippen molar-refractivity contribution >= 4 is 33.2 Å². The van der Waals surface area contributed by atoms with Gasteiger partial charge in [-0.25, -0.2) is 8.42 Å². The van der Waals surface area contributed by atoms with Crippen LogP contribution in [0.3, 0.4) is 0 Å². The lowest BCUT2D eigenvalue weighted by Gasteiger charge is -2.12. The molecule has 0 heterocycles. The minimum absolute atomic E-state index is 0.0891. The Labute approximate surface area is 198 Å². The summed E-state index contributed by atoms with van der Waals surface area (Å²) in [6.07, 6.45) is 0.682. The Hall–Kier alpha value is -3.23. The van der Waals surface area contributed by atoms with Crippen LogP contribution in [-0.2, 0) is 21.2 Å². The maximum atomic E-state index is 12.6. The predicted molar refractivity (Wildman–Crippen MR) is 129 cm³/mol. The molecule has 0 aromatic heterocycles. The van der Waals surface area contributed by atoms with Crippen molar-refractivity contribution in [1.82, 2.24) is 5.32 Å². The van der Waals surface area contributed by atoms with Crippen molar-refractivity contribution in [2.24, 2.45) is 0 Å². The number of methoxy groups -OCH3 is 1. The van der Waals surface area contributed by atoms with Crippen LogP contribution in [-0.4, -0.2) is 34.6 Å². The van der Waals surface area contributed by atoms with E-state index in [9.17, 15) is 13.2 Å². The van der Waals surface area contributed by atoms with Crippen LogP contribution in [0.4, 0.5) is 5.69 Å². The van der Waals surface area contributed by atoms with Crippen LogP contribution in [0, 0.1) is 6.92 Å². The number of sulfonamides is 1. The fourth-order valence-corrected chi connectivity index (χ4v) is 4.29. The van der Waals surface area contributed by atoms with Crippen LogP contribution in [0.25, 0.3) is 0 Å². The van der Waals surface area contributed by atoms with Gasteiger partial charge >= 0.3 is 0 Å². The van der Waals surface area contributed by atoms with Crippen molar-refractivity contribution in [1.29, 1.82) is 0 Å². The molecule has 3 aromatic carbocycles. The van der Waals surface area contributed by atoms with E-state index in [2.05, 4.69) is 10.0 Å². The zero-order chi connectivity index (χ0) is 23.8. The zero-order valence-corrected chi connectivity index (χ0v) is 19.9. The van der Waals surface area contributed by atoms with E-state index in [-0.39, 0.29) is 17.4 Å². The summed E-state index contributed by atoms with van der Waals surface area (Å²) >= 11 is 5.83. The normalized spacial score (nSPS) is 11.0. The summed E-state index contributed by atoms with van der Waals surface area (Å²) in [4.78, 5) is 12.2. The monoisotopic (exact) mass is 488 g/mol. The van der Waals surface area contributed by atoms with Crippen molar-refractivity contribution < 1.29 is 22.7 Å². The van der Waals surface area contributed by atoms with Gasteiger partial charge in [-0.1, -0.05) is 23.7 Å². The van der Waals surface area contributed by atoms with Crippen molar-refractivity contribution in [3.8, 4) is 11.5 Å². The van der Waals surface area contributed by atoms with E-state index in [1.54, 1.807) is 38.3 Å². The smallest absolute Gasteiger partial charge is 0.261 e. The number of rotatable bonds is 10. The molecule has 0 bridgehead atoms. The quantitative estimate of drug-likeness (QED) is 0.446. The maximum absolute atomic E-state index is 12.6. The first kappa shape index (κ1) is 24.4. The SMILES string of the molecule is COc1ccc(CCNC(=O)COc2ccc(S(=O)(=O)Nc3ccc(Cl)cc3)cc2C)cc1. The molecule has 0 spiro atoms. The highest BCUT2D eigenvalue weighted by Gasteiger charge is 2.16. The molecular weight excluding hydrogens is 464 g/mol. The molecular formula is C24H25ClN2O5S. The average Bonchev–Trinajstić information content (AvgIpc) is 2.80. The van der Waals surface area contributed by atoms with Gasteiger partial charge in [0.25, 0.3) is 15.9 Å².